The minimum Gasteiger partial charge on any atom is -0.369 e. The van der Waals surface area contributed by atoms with Crippen LogP contribution < -0.4 is 17.0 Å². The lowest BCUT2D eigenvalue weighted by atomic mass is 10.2. The largest absolute Gasteiger partial charge is 0.369 e. The Morgan fingerprint density at radius 3 is 2.40 bits per heavy atom. The standard InChI is InChI=1S/C9H20N4O2/c1-7(2)13(6-8(10)14)5-3-4-9(15)12-11/h7H,3-6,11H2,1-2H3,(H2,10,14)(H,12,15). The summed E-state index contributed by atoms with van der Waals surface area (Å²) in [4.78, 5) is 23.5. The molecule has 0 unspecified atom stereocenters. The van der Waals surface area contributed by atoms with E-state index in [-0.39, 0.29) is 24.4 Å². The number of rotatable bonds is 7. The van der Waals surface area contributed by atoms with Crippen LogP contribution in [-0.2, 0) is 9.59 Å². The lowest BCUT2D eigenvalue weighted by Gasteiger charge is -2.24. The number of nitrogens with zero attached hydrogens (tertiary/aromatic N) is 1. The van der Waals surface area contributed by atoms with Crippen molar-refractivity contribution in [2.45, 2.75) is 32.7 Å². The fourth-order valence-corrected chi connectivity index (χ4v) is 1.23. The highest BCUT2D eigenvalue weighted by molar-refractivity contribution is 5.76. The highest BCUT2D eigenvalue weighted by Crippen LogP contribution is 2.00. The van der Waals surface area contributed by atoms with Crippen molar-refractivity contribution in [3.63, 3.8) is 0 Å². The molecule has 88 valence electrons. The van der Waals surface area contributed by atoms with Crippen molar-refractivity contribution in [2.75, 3.05) is 13.1 Å². The number of carbonyl (C=O) groups excluding carboxylic acids is 2. The van der Waals surface area contributed by atoms with Gasteiger partial charge in [0.15, 0.2) is 0 Å². The van der Waals surface area contributed by atoms with Gasteiger partial charge in [-0.2, -0.15) is 0 Å². The summed E-state index contributed by atoms with van der Waals surface area (Å²) >= 11 is 0. The van der Waals surface area contributed by atoms with Gasteiger partial charge in [0.2, 0.25) is 11.8 Å². The number of hydrogen-bond acceptors (Lipinski definition) is 4. The second-order valence-corrected chi connectivity index (χ2v) is 3.70. The third kappa shape index (κ3) is 6.87. The maximum absolute atomic E-state index is 10.8. The molecular weight excluding hydrogens is 196 g/mol. The minimum absolute atomic E-state index is 0.196. The number of nitrogens with one attached hydrogen (secondary N) is 1. The molecule has 0 spiro atoms. The van der Waals surface area contributed by atoms with Crippen LogP contribution in [0.5, 0.6) is 0 Å². The molecule has 0 fully saturated rings. The van der Waals surface area contributed by atoms with Crippen LogP contribution in [0.4, 0.5) is 0 Å². The normalized spacial score (nSPS) is 10.7. The molecule has 0 atom stereocenters. The van der Waals surface area contributed by atoms with Gasteiger partial charge in [0, 0.05) is 12.5 Å². The molecule has 0 aromatic carbocycles. The first-order valence-corrected chi connectivity index (χ1v) is 4.99. The van der Waals surface area contributed by atoms with Crippen molar-refractivity contribution in [3.05, 3.63) is 0 Å². The zero-order valence-electron chi connectivity index (χ0n) is 9.32. The van der Waals surface area contributed by atoms with Gasteiger partial charge >= 0.3 is 0 Å². The third-order valence-electron chi connectivity index (χ3n) is 2.10. The molecule has 0 aliphatic rings. The van der Waals surface area contributed by atoms with Gasteiger partial charge in [-0.1, -0.05) is 0 Å². The quantitative estimate of drug-likeness (QED) is 0.287. The van der Waals surface area contributed by atoms with E-state index >= 15 is 0 Å². The van der Waals surface area contributed by atoms with Crippen molar-refractivity contribution in [3.8, 4) is 0 Å². The Labute approximate surface area is 89.9 Å². The number of carbonyl (C=O) groups is 2. The predicted molar refractivity (Wildman–Crippen MR) is 57.5 cm³/mol. The molecular formula is C9H20N4O2. The Kier molecular flexibility index (Phi) is 6.64. The van der Waals surface area contributed by atoms with Crippen molar-refractivity contribution < 1.29 is 9.59 Å². The van der Waals surface area contributed by atoms with Crippen LogP contribution in [0.15, 0.2) is 0 Å². The number of nitrogens with two attached hydrogens (primary N) is 2. The fourth-order valence-electron chi connectivity index (χ4n) is 1.23. The highest BCUT2D eigenvalue weighted by atomic mass is 16.2. The molecule has 6 heteroatoms. The van der Waals surface area contributed by atoms with Crippen LogP contribution >= 0.6 is 0 Å². The average molecular weight is 216 g/mol. The molecule has 0 aliphatic carbocycles. The molecule has 15 heavy (non-hydrogen) atoms. The summed E-state index contributed by atoms with van der Waals surface area (Å²) in [7, 11) is 0. The number of primary amides is 1. The summed E-state index contributed by atoms with van der Waals surface area (Å²) in [5, 5.41) is 0. The molecule has 0 saturated carbocycles. The maximum atomic E-state index is 10.8. The minimum atomic E-state index is -0.355. The van der Waals surface area contributed by atoms with Gasteiger partial charge in [0.25, 0.3) is 0 Å². The van der Waals surface area contributed by atoms with E-state index in [0.29, 0.717) is 19.4 Å². The molecule has 0 radical (unpaired) electrons. The van der Waals surface area contributed by atoms with Crippen molar-refractivity contribution in [1.82, 2.24) is 10.3 Å². The van der Waals surface area contributed by atoms with Gasteiger partial charge in [-0.05, 0) is 26.8 Å². The molecule has 6 nitrogen and oxygen atoms in total. The smallest absolute Gasteiger partial charge is 0.233 e. The summed E-state index contributed by atoms with van der Waals surface area (Å²) in [6, 6.07) is 0.235. The van der Waals surface area contributed by atoms with Crippen LogP contribution in [0, 0.1) is 0 Å². The molecule has 0 heterocycles. The number of hydrazine groups is 1. The van der Waals surface area contributed by atoms with Crippen LogP contribution in [0.2, 0.25) is 0 Å². The average Bonchev–Trinajstić information content (AvgIpc) is 2.15. The summed E-state index contributed by atoms with van der Waals surface area (Å²) in [6.07, 6.45) is 1.02. The van der Waals surface area contributed by atoms with Crippen molar-refractivity contribution in [2.24, 2.45) is 11.6 Å². The molecule has 5 N–H and O–H groups in total. The molecule has 0 rings (SSSR count). The zero-order valence-corrected chi connectivity index (χ0v) is 9.32. The van der Waals surface area contributed by atoms with E-state index < -0.39 is 0 Å². The van der Waals surface area contributed by atoms with Crippen LogP contribution in [0.1, 0.15) is 26.7 Å². The van der Waals surface area contributed by atoms with Gasteiger partial charge in [-0.25, -0.2) is 5.84 Å². The van der Waals surface area contributed by atoms with Gasteiger partial charge in [-0.15, -0.1) is 0 Å². The summed E-state index contributed by atoms with van der Waals surface area (Å²) in [6.45, 7) is 4.84. The van der Waals surface area contributed by atoms with E-state index in [1.165, 1.54) is 0 Å². The Balaban J connectivity index is 3.86. The molecule has 0 aromatic heterocycles. The second-order valence-electron chi connectivity index (χ2n) is 3.70. The second kappa shape index (κ2) is 7.19. The Morgan fingerprint density at radius 2 is 2.00 bits per heavy atom. The molecule has 0 aliphatic heterocycles. The first-order chi connectivity index (χ1) is 6.97. The summed E-state index contributed by atoms with van der Waals surface area (Å²) in [5.74, 6) is 4.39. The van der Waals surface area contributed by atoms with Crippen LogP contribution in [-0.4, -0.2) is 35.8 Å². The van der Waals surface area contributed by atoms with Gasteiger partial charge in [-0.3, -0.25) is 19.9 Å². The summed E-state index contributed by atoms with van der Waals surface area (Å²) in [5.41, 5.74) is 7.17. The first kappa shape index (κ1) is 13.9. The van der Waals surface area contributed by atoms with Gasteiger partial charge in [0.1, 0.15) is 0 Å². The SMILES string of the molecule is CC(C)N(CCCC(=O)NN)CC(N)=O. The van der Waals surface area contributed by atoms with Gasteiger partial charge < -0.3 is 5.73 Å². The molecule has 0 saturated heterocycles. The monoisotopic (exact) mass is 216 g/mol. The summed E-state index contributed by atoms with van der Waals surface area (Å²) < 4.78 is 0. The van der Waals surface area contributed by atoms with E-state index in [4.69, 9.17) is 11.6 Å². The van der Waals surface area contributed by atoms with Crippen molar-refractivity contribution >= 4 is 11.8 Å². The van der Waals surface area contributed by atoms with Crippen molar-refractivity contribution in [1.29, 1.82) is 0 Å². The third-order valence-corrected chi connectivity index (χ3v) is 2.10. The first-order valence-electron chi connectivity index (χ1n) is 4.99. The maximum Gasteiger partial charge on any atom is 0.233 e. The Morgan fingerprint density at radius 1 is 1.40 bits per heavy atom. The number of amides is 2. The molecule has 2 amide bonds. The van der Waals surface area contributed by atoms with E-state index in [0.717, 1.165) is 0 Å². The topological polar surface area (TPSA) is 101 Å². The predicted octanol–water partition coefficient (Wildman–Crippen LogP) is -1.05. The zero-order chi connectivity index (χ0) is 11.8. The Hall–Kier alpha value is -1.14. The van der Waals surface area contributed by atoms with E-state index in [1.54, 1.807) is 0 Å². The van der Waals surface area contributed by atoms with E-state index in [1.807, 2.05) is 18.7 Å². The molecule has 0 bridgehead atoms. The molecule has 0 aromatic rings. The van der Waals surface area contributed by atoms with Crippen LogP contribution in [0.3, 0.4) is 0 Å². The van der Waals surface area contributed by atoms with Gasteiger partial charge in [0.05, 0.1) is 6.54 Å². The lowest BCUT2D eigenvalue weighted by Crippen LogP contribution is -2.39. The van der Waals surface area contributed by atoms with E-state index in [9.17, 15) is 9.59 Å². The lowest BCUT2D eigenvalue weighted by molar-refractivity contribution is -0.121. The Bertz CT molecular complexity index is 218. The fraction of sp³-hybridized carbons (Fsp3) is 0.778. The van der Waals surface area contributed by atoms with Crippen LogP contribution in [0.25, 0.3) is 0 Å². The van der Waals surface area contributed by atoms with E-state index in [2.05, 4.69) is 5.43 Å². The number of hydrogen-bond donors (Lipinski definition) is 3. The highest BCUT2D eigenvalue weighted by Gasteiger charge is 2.12.